The van der Waals surface area contributed by atoms with Gasteiger partial charge < -0.3 is 0 Å². The molecule has 0 aliphatic rings. The molecular formula is C15H13BrN2O2. The number of halogens is 1. The number of hydrogen-bond donors (Lipinski definition) is 0. The number of nitro benzene ring substituents is 1. The second-order valence-electron chi connectivity index (χ2n) is 4.22. The van der Waals surface area contributed by atoms with E-state index in [0.717, 1.165) is 12.1 Å². The number of nitrogens with zero attached hydrogens (tertiary/aromatic N) is 2. The Balaban J connectivity index is 2.26. The van der Waals surface area contributed by atoms with Gasteiger partial charge in [0.2, 0.25) is 0 Å². The third kappa shape index (κ3) is 3.30. The van der Waals surface area contributed by atoms with E-state index in [1.165, 1.54) is 11.6 Å². The molecule has 2 rings (SSSR count). The largest absolute Gasteiger partial charge is 0.284 e. The van der Waals surface area contributed by atoms with Gasteiger partial charge in [-0.05, 0) is 40.0 Å². The summed E-state index contributed by atoms with van der Waals surface area (Å²) in [5.41, 5.74) is 2.79. The van der Waals surface area contributed by atoms with Crippen LogP contribution in [-0.4, -0.2) is 11.1 Å². The summed E-state index contributed by atoms with van der Waals surface area (Å²) in [6.45, 7) is 2.10. The number of aryl methyl sites for hydroxylation is 1. The van der Waals surface area contributed by atoms with Crippen molar-refractivity contribution in [2.24, 2.45) is 4.99 Å². The maximum absolute atomic E-state index is 10.8. The van der Waals surface area contributed by atoms with E-state index in [2.05, 4.69) is 27.8 Å². The standard InChI is InChI=1S/C15H13BrN2O2/c1-2-11-6-8-13(9-7-11)17-10-12-4-3-5-14(15(12)16)18(19)20/h3-10H,2H2,1H3. The Morgan fingerprint density at radius 1 is 1.25 bits per heavy atom. The third-order valence-corrected chi connectivity index (χ3v) is 3.77. The van der Waals surface area contributed by atoms with Gasteiger partial charge in [0.25, 0.3) is 5.69 Å². The summed E-state index contributed by atoms with van der Waals surface area (Å²) in [4.78, 5) is 14.8. The zero-order valence-electron chi connectivity index (χ0n) is 10.9. The lowest BCUT2D eigenvalue weighted by atomic mass is 10.1. The van der Waals surface area contributed by atoms with Crippen LogP contribution in [0.15, 0.2) is 51.9 Å². The molecule has 0 radical (unpaired) electrons. The summed E-state index contributed by atoms with van der Waals surface area (Å²) in [5, 5.41) is 10.8. The average molecular weight is 333 g/mol. The van der Waals surface area contributed by atoms with Gasteiger partial charge in [-0.15, -0.1) is 0 Å². The van der Waals surface area contributed by atoms with Crippen LogP contribution in [0.3, 0.4) is 0 Å². The summed E-state index contributed by atoms with van der Waals surface area (Å²) >= 11 is 3.25. The van der Waals surface area contributed by atoms with Crippen LogP contribution < -0.4 is 0 Å². The van der Waals surface area contributed by atoms with E-state index in [-0.39, 0.29) is 5.69 Å². The van der Waals surface area contributed by atoms with Crippen molar-refractivity contribution in [3.05, 3.63) is 68.2 Å². The lowest BCUT2D eigenvalue weighted by molar-refractivity contribution is -0.385. The minimum absolute atomic E-state index is 0.0373. The van der Waals surface area contributed by atoms with Crippen molar-refractivity contribution in [1.82, 2.24) is 0 Å². The minimum atomic E-state index is -0.419. The second-order valence-corrected chi connectivity index (χ2v) is 5.01. The first-order valence-electron chi connectivity index (χ1n) is 6.17. The quantitative estimate of drug-likeness (QED) is 0.464. The molecule has 0 amide bonds. The molecule has 102 valence electrons. The molecule has 0 saturated heterocycles. The van der Waals surface area contributed by atoms with Crippen LogP contribution in [-0.2, 0) is 6.42 Å². The van der Waals surface area contributed by atoms with Crippen molar-refractivity contribution in [2.75, 3.05) is 0 Å². The zero-order valence-corrected chi connectivity index (χ0v) is 12.5. The molecule has 0 spiro atoms. The van der Waals surface area contributed by atoms with Gasteiger partial charge in [0, 0.05) is 17.8 Å². The Bertz CT molecular complexity index is 651. The van der Waals surface area contributed by atoms with E-state index in [1.54, 1.807) is 18.3 Å². The van der Waals surface area contributed by atoms with E-state index in [0.29, 0.717) is 10.0 Å². The molecule has 0 heterocycles. The Morgan fingerprint density at radius 3 is 2.55 bits per heavy atom. The van der Waals surface area contributed by atoms with Crippen LogP contribution in [0, 0.1) is 10.1 Å². The van der Waals surface area contributed by atoms with Gasteiger partial charge in [-0.25, -0.2) is 0 Å². The highest BCUT2D eigenvalue weighted by atomic mass is 79.9. The Kier molecular flexibility index (Phi) is 4.63. The van der Waals surface area contributed by atoms with Crippen LogP contribution in [0.4, 0.5) is 11.4 Å². The maximum Gasteiger partial charge on any atom is 0.284 e. The van der Waals surface area contributed by atoms with Crippen molar-refractivity contribution >= 4 is 33.5 Å². The molecule has 0 aliphatic carbocycles. The van der Waals surface area contributed by atoms with E-state index < -0.39 is 4.92 Å². The van der Waals surface area contributed by atoms with Gasteiger partial charge in [-0.2, -0.15) is 0 Å². The Labute approximate surface area is 125 Å². The van der Waals surface area contributed by atoms with Crippen LogP contribution in [0.25, 0.3) is 0 Å². The first-order chi connectivity index (χ1) is 9.61. The smallest absolute Gasteiger partial charge is 0.258 e. The first kappa shape index (κ1) is 14.4. The van der Waals surface area contributed by atoms with Crippen LogP contribution >= 0.6 is 15.9 Å². The fourth-order valence-electron chi connectivity index (χ4n) is 1.74. The van der Waals surface area contributed by atoms with Gasteiger partial charge in [0.15, 0.2) is 0 Å². The monoisotopic (exact) mass is 332 g/mol. The molecule has 0 aromatic heterocycles. The topological polar surface area (TPSA) is 55.5 Å². The number of benzene rings is 2. The first-order valence-corrected chi connectivity index (χ1v) is 6.97. The van der Waals surface area contributed by atoms with E-state index in [4.69, 9.17) is 0 Å². The van der Waals surface area contributed by atoms with E-state index in [9.17, 15) is 10.1 Å². The second kappa shape index (κ2) is 6.43. The van der Waals surface area contributed by atoms with Gasteiger partial charge in [0.1, 0.15) is 4.47 Å². The number of nitro groups is 1. The molecule has 0 bridgehead atoms. The molecule has 5 heteroatoms. The van der Waals surface area contributed by atoms with Crippen LogP contribution in [0.2, 0.25) is 0 Å². The molecule has 2 aromatic carbocycles. The predicted octanol–water partition coefficient (Wildman–Crippen LogP) is 4.67. The van der Waals surface area contributed by atoms with Crippen molar-refractivity contribution in [1.29, 1.82) is 0 Å². The van der Waals surface area contributed by atoms with Crippen molar-refractivity contribution < 1.29 is 4.92 Å². The highest BCUT2D eigenvalue weighted by Gasteiger charge is 2.13. The van der Waals surface area contributed by atoms with Crippen LogP contribution in [0.1, 0.15) is 18.1 Å². The summed E-state index contributed by atoms with van der Waals surface area (Å²) < 4.78 is 0.443. The zero-order chi connectivity index (χ0) is 14.5. The molecule has 0 saturated carbocycles. The molecule has 0 atom stereocenters. The molecule has 0 aliphatic heterocycles. The van der Waals surface area contributed by atoms with Gasteiger partial charge in [-0.3, -0.25) is 15.1 Å². The third-order valence-electron chi connectivity index (χ3n) is 2.90. The predicted molar refractivity (Wildman–Crippen MR) is 83.9 cm³/mol. The summed E-state index contributed by atoms with van der Waals surface area (Å²) in [5.74, 6) is 0. The lowest BCUT2D eigenvalue weighted by Gasteiger charge is -2.00. The molecule has 2 aromatic rings. The van der Waals surface area contributed by atoms with Crippen molar-refractivity contribution in [2.45, 2.75) is 13.3 Å². The molecule has 4 nitrogen and oxygen atoms in total. The molecular weight excluding hydrogens is 320 g/mol. The van der Waals surface area contributed by atoms with Gasteiger partial charge >= 0.3 is 0 Å². The van der Waals surface area contributed by atoms with Gasteiger partial charge in [-0.1, -0.05) is 31.2 Å². The van der Waals surface area contributed by atoms with Crippen molar-refractivity contribution in [3.8, 4) is 0 Å². The summed E-state index contributed by atoms with van der Waals surface area (Å²) in [6.07, 6.45) is 2.61. The highest BCUT2D eigenvalue weighted by molar-refractivity contribution is 9.10. The Hall–Kier alpha value is -2.01. The average Bonchev–Trinajstić information content (AvgIpc) is 2.46. The number of aliphatic imine (C=N–C) groups is 1. The number of hydrogen-bond acceptors (Lipinski definition) is 3. The maximum atomic E-state index is 10.8. The molecule has 0 N–H and O–H groups in total. The van der Waals surface area contributed by atoms with E-state index >= 15 is 0 Å². The fourth-order valence-corrected chi connectivity index (χ4v) is 2.25. The highest BCUT2D eigenvalue weighted by Crippen LogP contribution is 2.27. The fraction of sp³-hybridized carbons (Fsp3) is 0.133. The summed E-state index contributed by atoms with van der Waals surface area (Å²) in [6, 6.07) is 12.8. The minimum Gasteiger partial charge on any atom is -0.258 e. The number of rotatable bonds is 4. The molecule has 20 heavy (non-hydrogen) atoms. The van der Waals surface area contributed by atoms with Crippen molar-refractivity contribution in [3.63, 3.8) is 0 Å². The SMILES string of the molecule is CCc1ccc(N=Cc2cccc([N+](=O)[O-])c2Br)cc1. The van der Waals surface area contributed by atoms with Gasteiger partial charge in [0.05, 0.1) is 10.6 Å². The molecule has 0 unspecified atom stereocenters. The van der Waals surface area contributed by atoms with Crippen LogP contribution in [0.5, 0.6) is 0 Å². The van der Waals surface area contributed by atoms with E-state index in [1.807, 2.05) is 24.3 Å². The summed E-state index contributed by atoms with van der Waals surface area (Å²) in [7, 11) is 0. The normalized spacial score (nSPS) is 10.9. The molecule has 0 fully saturated rings. The Morgan fingerprint density at radius 2 is 1.95 bits per heavy atom. The lowest BCUT2D eigenvalue weighted by Crippen LogP contribution is -1.92.